The summed E-state index contributed by atoms with van der Waals surface area (Å²) in [5, 5.41) is 0. The van der Waals surface area contributed by atoms with Crippen LogP contribution >= 0.6 is 0 Å². The molecule has 0 unspecified atom stereocenters. The van der Waals surface area contributed by atoms with Gasteiger partial charge >= 0.3 is 0 Å². The first-order chi connectivity index (χ1) is 16.2. The Labute approximate surface area is 206 Å². The molecule has 0 atom stereocenters. The Morgan fingerprint density at radius 1 is 0.294 bits per heavy atom. The number of hydrogen-bond acceptors (Lipinski definition) is 0. The summed E-state index contributed by atoms with van der Waals surface area (Å²) >= 11 is 0. The van der Waals surface area contributed by atoms with Crippen molar-refractivity contribution in [1.29, 1.82) is 0 Å². The van der Waals surface area contributed by atoms with Crippen LogP contribution in [-0.4, -0.2) is 0 Å². The van der Waals surface area contributed by atoms with Gasteiger partial charge in [0.2, 0.25) is 0 Å². The normalized spacial score (nSPS) is 10.9. The van der Waals surface area contributed by atoms with Crippen molar-refractivity contribution in [2.75, 3.05) is 0 Å². The molecular weight excluding hydrogens is 408 g/mol. The number of aryl methyl sites for hydroxylation is 8. The molecule has 0 aliphatic rings. The first-order valence-electron chi connectivity index (χ1n) is 12.2. The van der Waals surface area contributed by atoms with Gasteiger partial charge in [0.15, 0.2) is 0 Å². The molecule has 172 valence electrons. The lowest BCUT2D eigenvalue weighted by Gasteiger charge is -2.27. The number of hydrogen-bond donors (Lipinski definition) is 0. The van der Waals surface area contributed by atoms with E-state index in [1.54, 1.807) is 0 Å². The molecule has 0 radical (unpaired) electrons. The van der Waals surface area contributed by atoms with Gasteiger partial charge in [-0.15, -0.1) is 0 Å². The van der Waals surface area contributed by atoms with Gasteiger partial charge in [0, 0.05) is 0 Å². The van der Waals surface area contributed by atoms with E-state index in [9.17, 15) is 0 Å². The predicted molar refractivity (Wildman–Crippen MR) is 149 cm³/mol. The Hall–Kier alpha value is -3.38. The van der Waals surface area contributed by atoms with Crippen molar-refractivity contribution in [1.82, 2.24) is 0 Å². The molecule has 4 aromatic carbocycles. The largest absolute Gasteiger partial charge is 0.0617 e. The maximum Gasteiger partial charge on any atom is -0.00158 e. The topological polar surface area (TPSA) is 0 Å². The van der Waals surface area contributed by atoms with Crippen LogP contribution < -0.4 is 0 Å². The van der Waals surface area contributed by atoms with Crippen LogP contribution in [0.2, 0.25) is 0 Å². The lowest BCUT2D eigenvalue weighted by atomic mass is 9.76. The fourth-order valence-corrected chi connectivity index (χ4v) is 5.59. The first kappa shape index (κ1) is 23.8. The van der Waals surface area contributed by atoms with E-state index in [2.05, 4.69) is 128 Å². The number of rotatable bonds is 4. The van der Waals surface area contributed by atoms with Crippen molar-refractivity contribution >= 4 is 11.1 Å². The highest BCUT2D eigenvalue weighted by Crippen LogP contribution is 2.44. The Kier molecular flexibility index (Phi) is 6.62. The molecular formula is C34H36. The van der Waals surface area contributed by atoms with Gasteiger partial charge in [0.1, 0.15) is 0 Å². The SMILES string of the molecule is Cc1cccc(C)c1C(=C(c1c(C)cccc1C)c1c(C)cccc1C)c1c(C)cccc1C. The minimum atomic E-state index is 1.31. The zero-order valence-corrected chi connectivity index (χ0v) is 21.9. The standard InChI is InChI=1S/C34H36/c1-21-13-9-14-22(2)29(21)33(30-23(3)15-10-16-24(30)4)34(31-25(5)17-11-18-26(31)6)32-27(7)19-12-20-28(32)8/h9-20H,1-8H3. The lowest BCUT2D eigenvalue weighted by molar-refractivity contribution is 1.26. The average molecular weight is 445 g/mol. The molecule has 0 saturated carbocycles. The van der Waals surface area contributed by atoms with Crippen LogP contribution in [0, 0.1) is 55.4 Å². The fraction of sp³-hybridized carbons (Fsp3) is 0.235. The molecule has 0 N–H and O–H groups in total. The van der Waals surface area contributed by atoms with Crippen molar-refractivity contribution in [3.8, 4) is 0 Å². The maximum atomic E-state index is 2.25. The minimum absolute atomic E-state index is 1.31. The summed E-state index contributed by atoms with van der Waals surface area (Å²) in [5.41, 5.74) is 18.6. The highest BCUT2D eigenvalue weighted by atomic mass is 14.3. The van der Waals surface area contributed by atoms with Crippen LogP contribution in [0.15, 0.2) is 72.8 Å². The van der Waals surface area contributed by atoms with E-state index in [1.165, 1.54) is 77.9 Å². The summed E-state index contributed by atoms with van der Waals surface area (Å²) in [7, 11) is 0. The molecule has 0 bridgehead atoms. The third kappa shape index (κ3) is 4.14. The predicted octanol–water partition coefficient (Wildman–Crippen LogP) is 9.16. The van der Waals surface area contributed by atoms with Gasteiger partial charge < -0.3 is 0 Å². The summed E-state index contributed by atoms with van der Waals surface area (Å²) in [4.78, 5) is 0. The summed E-state index contributed by atoms with van der Waals surface area (Å²) in [6, 6.07) is 26.7. The molecule has 0 nitrogen and oxygen atoms in total. The van der Waals surface area contributed by atoms with Crippen LogP contribution in [0.4, 0.5) is 0 Å². The molecule has 34 heavy (non-hydrogen) atoms. The highest BCUT2D eigenvalue weighted by Gasteiger charge is 2.25. The molecule has 0 amide bonds. The van der Waals surface area contributed by atoms with Crippen LogP contribution in [0.5, 0.6) is 0 Å². The lowest BCUT2D eigenvalue weighted by Crippen LogP contribution is -2.08. The summed E-state index contributed by atoms with van der Waals surface area (Å²) in [6.45, 7) is 18.0. The Morgan fingerprint density at radius 3 is 0.588 bits per heavy atom. The quantitative estimate of drug-likeness (QED) is 0.275. The highest BCUT2D eigenvalue weighted by molar-refractivity contribution is 6.08. The van der Waals surface area contributed by atoms with E-state index >= 15 is 0 Å². The Morgan fingerprint density at radius 2 is 0.441 bits per heavy atom. The van der Waals surface area contributed by atoms with Gasteiger partial charge in [0.25, 0.3) is 0 Å². The van der Waals surface area contributed by atoms with E-state index in [1.807, 2.05) is 0 Å². The second kappa shape index (κ2) is 9.47. The smallest absolute Gasteiger partial charge is 0.00158 e. The molecule has 0 aromatic heterocycles. The molecule has 0 fully saturated rings. The van der Waals surface area contributed by atoms with Crippen molar-refractivity contribution in [3.63, 3.8) is 0 Å². The number of benzene rings is 4. The summed E-state index contributed by atoms with van der Waals surface area (Å²) in [5.74, 6) is 0. The zero-order chi connectivity index (χ0) is 24.6. The average Bonchev–Trinajstić information content (AvgIpc) is 2.76. The maximum absolute atomic E-state index is 2.25. The van der Waals surface area contributed by atoms with Crippen molar-refractivity contribution in [2.45, 2.75) is 55.4 Å². The summed E-state index contributed by atoms with van der Waals surface area (Å²) in [6.07, 6.45) is 0. The second-order valence-electron chi connectivity index (χ2n) is 9.82. The van der Waals surface area contributed by atoms with Crippen LogP contribution in [-0.2, 0) is 0 Å². The van der Waals surface area contributed by atoms with Crippen molar-refractivity contribution < 1.29 is 0 Å². The van der Waals surface area contributed by atoms with Crippen LogP contribution in [0.25, 0.3) is 11.1 Å². The molecule has 4 rings (SSSR count). The molecule has 0 aliphatic heterocycles. The Balaban J connectivity index is 2.37. The molecule has 0 heterocycles. The van der Waals surface area contributed by atoms with Crippen LogP contribution in [0.3, 0.4) is 0 Å². The zero-order valence-electron chi connectivity index (χ0n) is 21.9. The first-order valence-corrected chi connectivity index (χ1v) is 12.2. The second-order valence-corrected chi connectivity index (χ2v) is 9.82. The van der Waals surface area contributed by atoms with E-state index in [0.717, 1.165) is 0 Å². The molecule has 0 spiro atoms. The minimum Gasteiger partial charge on any atom is -0.0617 e. The van der Waals surface area contributed by atoms with Crippen molar-refractivity contribution in [3.05, 3.63) is 140 Å². The van der Waals surface area contributed by atoms with Gasteiger partial charge in [-0.3, -0.25) is 0 Å². The monoisotopic (exact) mass is 444 g/mol. The molecule has 4 aromatic rings. The van der Waals surface area contributed by atoms with Gasteiger partial charge in [-0.05, 0) is 133 Å². The molecule has 0 saturated heterocycles. The van der Waals surface area contributed by atoms with E-state index in [0.29, 0.717) is 0 Å². The van der Waals surface area contributed by atoms with Gasteiger partial charge in [-0.2, -0.15) is 0 Å². The summed E-state index contributed by atoms with van der Waals surface area (Å²) < 4.78 is 0. The van der Waals surface area contributed by atoms with E-state index in [-0.39, 0.29) is 0 Å². The third-order valence-electron chi connectivity index (χ3n) is 7.17. The Bertz CT molecular complexity index is 1120. The van der Waals surface area contributed by atoms with Crippen LogP contribution in [0.1, 0.15) is 66.8 Å². The van der Waals surface area contributed by atoms with E-state index < -0.39 is 0 Å². The van der Waals surface area contributed by atoms with Gasteiger partial charge in [-0.25, -0.2) is 0 Å². The van der Waals surface area contributed by atoms with Crippen molar-refractivity contribution in [2.24, 2.45) is 0 Å². The fourth-order valence-electron chi connectivity index (χ4n) is 5.59. The molecule has 0 heteroatoms. The van der Waals surface area contributed by atoms with Gasteiger partial charge in [0.05, 0.1) is 0 Å². The van der Waals surface area contributed by atoms with E-state index in [4.69, 9.17) is 0 Å². The third-order valence-corrected chi connectivity index (χ3v) is 7.17. The molecule has 0 aliphatic carbocycles. The van der Waals surface area contributed by atoms with Gasteiger partial charge in [-0.1, -0.05) is 72.8 Å².